The molecule has 5 rings (SSSR count). The van der Waals surface area contributed by atoms with Crippen molar-refractivity contribution in [3.05, 3.63) is 35.9 Å². The van der Waals surface area contributed by atoms with Crippen LogP contribution in [0.2, 0.25) is 0 Å². The first-order chi connectivity index (χ1) is 9.90. The third-order valence-electron chi connectivity index (χ3n) is 5.55. The second kappa shape index (κ2) is 4.01. The Morgan fingerprint density at radius 1 is 1.15 bits per heavy atom. The molecule has 3 heteroatoms. The van der Waals surface area contributed by atoms with Gasteiger partial charge in [0.25, 0.3) is 0 Å². The maximum absolute atomic E-state index is 5.96. The van der Waals surface area contributed by atoms with Crippen LogP contribution in [-0.2, 0) is 11.2 Å². The molecule has 20 heavy (non-hydrogen) atoms. The van der Waals surface area contributed by atoms with Crippen molar-refractivity contribution in [2.75, 3.05) is 13.4 Å². The lowest BCUT2D eigenvalue weighted by Crippen LogP contribution is -2.49. The van der Waals surface area contributed by atoms with Gasteiger partial charge >= 0.3 is 0 Å². The Kier molecular flexibility index (Phi) is 2.25. The van der Waals surface area contributed by atoms with Gasteiger partial charge in [0, 0.05) is 0 Å². The van der Waals surface area contributed by atoms with Gasteiger partial charge in [-0.15, -0.1) is 0 Å². The fraction of sp³-hybridized carbons (Fsp3) is 0.529. The Labute approximate surface area is 118 Å². The van der Waals surface area contributed by atoms with Crippen LogP contribution in [0.5, 0.6) is 11.5 Å². The minimum Gasteiger partial charge on any atom is -0.454 e. The number of benzene rings is 1. The molecule has 2 aliphatic heterocycles. The van der Waals surface area contributed by atoms with E-state index in [-0.39, 0.29) is 0 Å². The van der Waals surface area contributed by atoms with Gasteiger partial charge in [-0.25, -0.2) is 0 Å². The summed E-state index contributed by atoms with van der Waals surface area (Å²) >= 11 is 0. The van der Waals surface area contributed by atoms with Crippen LogP contribution in [0.4, 0.5) is 0 Å². The maximum atomic E-state index is 5.96. The van der Waals surface area contributed by atoms with Crippen molar-refractivity contribution in [2.24, 2.45) is 23.7 Å². The highest BCUT2D eigenvalue weighted by molar-refractivity contribution is 5.44. The van der Waals surface area contributed by atoms with E-state index in [4.69, 9.17) is 14.2 Å². The topological polar surface area (TPSA) is 27.7 Å². The summed E-state index contributed by atoms with van der Waals surface area (Å²) in [6.45, 7) is 1.32. The van der Waals surface area contributed by atoms with Crippen LogP contribution in [0.25, 0.3) is 0 Å². The minimum atomic E-state index is 0.355. The summed E-state index contributed by atoms with van der Waals surface area (Å²) in [6.07, 6.45) is 7.50. The molecule has 0 amide bonds. The van der Waals surface area contributed by atoms with Crippen LogP contribution >= 0.6 is 0 Å². The fourth-order valence-corrected chi connectivity index (χ4v) is 4.59. The van der Waals surface area contributed by atoms with Crippen LogP contribution < -0.4 is 9.47 Å². The molecule has 5 unspecified atom stereocenters. The number of fused-ring (bicyclic) bond motifs is 1. The van der Waals surface area contributed by atoms with Gasteiger partial charge in [-0.1, -0.05) is 18.2 Å². The molecule has 1 aromatic rings. The van der Waals surface area contributed by atoms with Gasteiger partial charge in [-0.2, -0.15) is 0 Å². The van der Waals surface area contributed by atoms with Crippen molar-refractivity contribution < 1.29 is 14.2 Å². The number of hydrogen-bond acceptors (Lipinski definition) is 3. The van der Waals surface area contributed by atoms with E-state index in [0.717, 1.165) is 54.6 Å². The molecule has 1 saturated heterocycles. The summed E-state index contributed by atoms with van der Waals surface area (Å²) in [6, 6.07) is 6.37. The molecular formula is C17H18O3. The van der Waals surface area contributed by atoms with E-state index in [9.17, 15) is 0 Å². The van der Waals surface area contributed by atoms with Gasteiger partial charge < -0.3 is 14.2 Å². The lowest BCUT2D eigenvalue weighted by atomic mass is 9.53. The van der Waals surface area contributed by atoms with Crippen molar-refractivity contribution in [1.82, 2.24) is 0 Å². The monoisotopic (exact) mass is 270 g/mol. The van der Waals surface area contributed by atoms with E-state index in [1.165, 1.54) is 5.56 Å². The molecule has 1 aromatic carbocycles. The minimum absolute atomic E-state index is 0.355. The molecular weight excluding hydrogens is 252 g/mol. The highest BCUT2D eigenvalue weighted by Crippen LogP contribution is 2.57. The quantitative estimate of drug-likeness (QED) is 0.773. The Morgan fingerprint density at radius 3 is 3.10 bits per heavy atom. The van der Waals surface area contributed by atoms with Crippen LogP contribution in [0.1, 0.15) is 12.0 Å². The van der Waals surface area contributed by atoms with Gasteiger partial charge in [0.1, 0.15) is 0 Å². The van der Waals surface area contributed by atoms with Gasteiger partial charge in [0.15, 0.2) is 11.5 Å². The Bertz CT molecular complexity index is 580. The maximum Gasteiger partial charge on any atom is 0.231 e. The molecule has 2 fully saturated rings. The summed E-state index contributed by atoms with van der Waals surface area (Å²) in [5.41, 5.74) is 1.36. The molecule has 1 saturated carbocycles. The molecule has 4 aliphatic rings. The van der Waals surface area contributed by atoms with Crippen LogP contribution in [0.3, 0.4) is 0 Å². The lowest BCUT2D eigenvalue weighted by molar-refractivity contribution is 0.0170. The summed E-state index contributed by atoms with van der Waals surface area (Å²) in [7, 11) is 0. The van der Waals surface area contributed by atoms with E-state index in [1.54, 1.807) is 0 Å². The molecule has 2 aliphatic carbocycles. The number of hydrogen-bond donors (Lipinski definition) is 0. The SMILES string of the molecule is C1=CC2C(Cc3ccc4c(c3)OCO4)C3COC(C1)C23. The number of ether oxygens (including phenoxy) is 3. The zero-order valence-electron chi connectivity index (χ0n) is 11.3. The van der Waals surface area contributed by atoms with Gasteiger partial charge in [0.2, 0.25) is 6.79 Å². The third-order valence-corrected chi connectivity index (χ3v) is 5.55. The zero-order valence-corrected chi connectivity index (χ0v) is 11.3. The Balaban J connectivity index is 1.39. The number of allylic oxidation sites excluding steroid dienone is 1. The smallest absolute Gasteiger partial charge is 0.231 e. The molecule has 3 nitrogen and oxygen atoms in total. The Hall–Kier alpha value is -1.48. The molecule has 5 atom stereocenters. The summed E-state index contributed by atoms with van der Waals surface area (Å²) in [4.78, 5) is 0. The van der Waals surface area contributed by atoms with E-state index in [1.807, 2.05) is 6.07 Å². The zero-order chi connectivity index (χ0) is 13.1. The predicted octanol–water partition coefficient (Wildman–Crippen LogP) is 2.79. The summed E-state index contributed by atoms with van der Waals surface area (Å²) in [5.74, 6) is 4.80. The Morgan fingerprint density at radius 2 is 2.10 bits per heavy atom. The first kappa shape index (κ1) is 11.2. The van der Waals surface area contributed by atoms with Gasteiger partial charge in [-0.05, 0) is 54.2 Å². The first-order valence-electron chi connectivity index (χ1n) is 7.57. The first-order valence-corrected chi connectivity index (χ1v) is 7.57. The van der Waals surface area contributed by atoms with E-state index >= 15 is 0 Å². The number of rotatable bonds is 2. The molecule has 2 heterocycles. The average Bonchev–Trinajstić information content (AvgIpc) is 3.09. The van der Waals surface area contributed by atoms with Crippen molar-refractivity contribution in [1.29, 1.82) is 0 Å². The molecule has 0 N–H and O–H groups in total. The second-order valence-corrected chi connectivity index (χ2v) is 6.41. The third kappa shape index (κ3) is 1.44. The van der Waals surface area contributed by atoms with Crippen LogP contribution in [0.15, 0.2) is 30.4 Å². The van der Waals surface area contributed by atoms with E-state index in [0.29, 0.717) is 12.9 Å². The second-order valence-electron chi connectivity index (χ2n) is 6.41. The highest BCUT2D eigenvalue weighted by Gasteiger charge is 2.56. The van der Waals surface area contributed by atoms with Gasteiger partial charge in [0.05, 0.1) is 12.7 Å². The standard InChI is InChI=1S/C17H18O3/c1-2-11-12(13-8-18-15(3-1)17(11)13)6-10-4-5-14-16(7-10)20-9-19-14/h1-2,4-5,7,11-13,15,17H,3,6,8-9H2. The fourth-order valence-electron chi connectivity index (χ4n) is 4.59. The lowest BCUT2D eigenvalue weighted by Gasteiger charge is -2.50. The normalized spacial score (nSPS) is 39.5. The van der Waals surface area contributed by atoms with E-state index < -0.39 is 0 Å². The van der Waals surface area contributed by atoms with Crippen molar-refractivity contribution in [3.63, 3.8) is 0 Å². The largest absolute Gasteiger partial charge is 0.454 e. The summed E-state index contributed by atoms with van der Waals surface area (Å²) in [5, 5.41) is 0. The molecule has 0 spiro atoms. The van der Waals surface area contributed by atoms with E-state index in [2.05, 4.69) is 24.3 Å². The van der Waals surface area contributed by atoms with Crippen LogP contribution in [-0.4, -0.2) is 19.5 Å². The highest BCUT2D eigenvalue weighted by atomic mass is 16.7. The van der Waals surface area contributed by atoms with Crippen molar-refractivity contribution in [2.45, 2.75) is 18.9 Å². The molecule has 0 aromatic heterocycles. The average molecular weight is 270 g/mol. The van der Waals surface area contributed by atoms with Crippen molar-refractivity contribution >= 4 is 0 Å². The molecule has 0 bridgehead atoms. The van der Waals surface area contributed by atoms with Gasteiger partial charge in [-0.3, -0.25) is 0 Å². The summed E-state index contributed by atoms with van der Waals surface area (Å²) < 4.78 is 16.8. The predicted molar refractivity (Wildman–Crippen MR) is 73.7 cm³/mol. The molecule has 0 radical (unpaired) electrons. The van der Waals surface area contributed by atoms with Crippen LogP contribution in [0, 0.1) is 23.7 Å². The molecule has 104 valence electrons. The van der Waals surface area contributed by atoms with Crippen molar-refractivity contribution in [3.8, 4) is 11.5 Å².